The van der Waals surface area contributed by atoms with Crippen LogP contribution in [0.15, 0.2) is 17.5 Å². The van der Waals surface area contributed by atoms with Crippen LogP contribution in [0.25, 0.3) is 0 Å². The number of carbonyl (C=O) groups is 1. The molecule has 1 aliphatic heterocycles. The van der Waals surface area contributed by atoms with E-state index in [1.807, 2.05) is 17.5 Å². The van der Waals surface area contributed by atoms with E-state index in [9.17, 15) is 9.90 Å². The molecule has 0 spiro atoms. The first-order valence-corrected chi connectivity index (χ1v) is 4.80. The molecule has 1 aliphatic rings. The first-order chi connectivity index (χ1) is 6.27. The predicted octanol–water partition coefficient (Wildman–Crippen LogP) is 0.890. The van der Waals surface area contributed by atoms with E-state index in [4.69, 9.17) is 0 Å². The van der Waals surface area contributed by atoms with Gasteiger partial charge in [-0.3, -0.25) is 0 Å². The summed E-state index contributed by atoms with van der Waals surface area (Å²) >= 11 is 1.46. The summed E-state index contributed by atoms with van der Waals surface area (Å²) in [4.78, 5) is 11.5. The lowest BCUT2D eigenvalue weighted by Gasteiger charge is -2.13. The summed E-state index contributed by atoms with van der Waals surface area (Å²) in [7, 11) is 0. The van der Waals surface area contributed by atoms with Crippen molar-refractivity contribution < 1.29 is 14.6 Å². The maximum absolute atomic E-state index is 10.7. The van der Waals surface area contributed by atoms with Crippen LogP contribution in [0.4, 0.5) is 4.79 Å². The van der Waals surface area contributed by atoms with E-state index < -0.39 is 12.2 Å². The average molecular weight is 199 g/mol. The van der Waals surface area contributed by atoms with Gasteiger partial charge in [0.05, 0.1) is 6.04 Å². The zero-order chi connectivity index (χ0) is 9.26. The fraction of sp³-hybridized carbons (Fsp3) is 0.375. The highest BCUT2D eigenvalue weighted by Crippen LogP contribution is 2.23. The van der Waals surface area contributed by atoms with Gasteiger partial charge in [0.15, 0.2) is 0 Å². The molecule has 2 N–H and O–H groups in total. The lowest BCUT2D eigenvalue weighted by Crippen LogP contribution is -2.32. The molecule has 0 aliphatic carbocycles. The first-order valence-electron chi connectivity index (χ1n) is 3.92. The first kappa shape index (κ1) is 8.52. The highest BCUT2D eigenvalue weighted by Gasteiger charge is 2.30. The molecule has 1 aromatic heterocycles. The molecule has 4 nitrogen and oxygen atoms in total. The van der Waals surface area contributed by atoms with Gasteiger partial charge in [-0.2, -0.15) is 0 Å². The van der Waals surface area contributed by atoms with E-state index in [1.165, 1.54) is 11.3 Å². The van der Waals surface area contributed by atoms with Crippen LogP contribution in [0.3, 0.4) is 0 Å². The molecule has 2 rings (SSSR count). The molecule has 0 aromatic carbocycles. The van der Waals surface area contributed by atoms with Crippen molar-refractivity contribution >= 4 is 17.4 Å². The van der Waals surface area contributed by atoms with Crippen molar-refractivity contribution in [3.63, 3.8) is 0 Å². The smallest absolute Gasteiger partial charge is 0.407 e. The largest absolute Gasteiger partial charge is 0.447 e. The van der Waals surface area contributed by atoms with Crippen molar-refractivity contribution in [2.45, 2.75) is 12.1 Å². The summed E-state index contributed by atoms with van der Waals surface area (Å²) in [5, 5.41) is 14.2. The highest BCUT2D eigenvalue weighted by atomic mass is 32.1. The van der Waals surface area contributed by atoms with Gasteiger partial charge in [0.2, 0.25) is 0 Å². The molecule has 2 atom stereocenters. The third-order valence-electron chi connectivity index (χ3n) is 1.91. The number of thiophene rings is 1. The van der Waals surface area contributed by atoms with Gasteiger partial charge >= 0.3 is 6.09 Å². The van der Waals surface area contributed by atoms with Crippen molar-refractivity contribution in [3.05, 3.63) is 22.4 Å². The van der Waals surface area contributed by atoms with Crippen molar-refractivity contribution in [1.29, 1.82) is 0 Å². The molecule has 5 heteroatoms. The number of aliphatic hydroxyl groups excluding tert-OH is 1. The molecule has 13 heavy (non-hydrogen) atoms. The Morgan fingerprint density at radius 3 is 3.15 bits per heavy atom. The number of alkyl carbamates (subject to hydrolysis) is 1. The highest BCUT2D eigenvalue weighted by molar-refractivity contribution is 7.10. The van der Waals surface area contributed by atoms with E-state index >= 15 is 0 Å². The standard InChI is InChI=1S/C8H9NO3S/c10-7(6-2-1-3-13-6)5-4-12-8(11)9-5/h1-3,5,7,10H,4H2,(H,9,11)/t5-,7+/m1/s1. The SMILES string of the molecule is O=C1N[C@@H]([C@H](O)c2cccs2)CO1. The molecule has 0 bridgehead atoms. The topological polar surface area (TPSA) is 58.6 Å². The average Bonchev–Trinajstić information content (AvgIpc) is 2.72. The normalized spacial score (nSPS) is 23.8. The van der Waals surface area contributed by atoms with E-state index in [-0.39, 0.29) is 12.6 Å². The molecular weight excluding hydrogens is 190 g/mol. The molecule has 1 saturated heterocycles. The summed E-state index contributed by atoms with van der Waals surface area (Å²) in [6, 6.07) is 3.38. The molecular formula is C8H9NO3S. The van der Waals surface area contributed by atoms with Crippen LogP contribution < -0.4 is 5.32 Å². The van der Waals surface area contributed by atoms with Crippen LogP contribution in [0.5, 0.6) is 0 Å². The van der Waals surface area contributed by atoms with Crippen LogP contribution in [0.2, 0.25) is 0 Å². The van der Waals surface area contributed by atoms with Crippen LogP contribution in [-0.2, 0) is 4.74 Å². The third kappa shape index (κ3) is 1.66. The Morgan fingerprint density at radius 2 is 2.62 bits per heavy atom. The number of nitrogens with one attached hydrogen (secondary N) is 1. The quantitative estimate of drug-likeness (QED) is 0.743. The Morgan fingerprint density at radius 1 is 1.77 bits per heavy atom. The number of hydrogen-bond donors (Lipinski definition) is 2. The van der Waals surface area contributed by atoms with Crippen LogP contribution in [0.1, 0.15) is 11.0 Å². The van der Waals surface area contributed by atoms with Gasteiger partial charge in [-0.25, -0.2) is 4.79 Å². The summed E-state index contributed by atoms with van der Waals surface area (Å²) < 4.78 is 4.68. The van der Waals surface area contributed by atoms with Crippen molar-refractivity contribution in [2.24, 2.45) is 0 Å². The van der Waals surface area contributed by atoms with Gasteiger partial charge < -0.3 is 15.2 Å². The van der Waals surface area contributed by atoms with Crippen LogP contribution in [0, 0.1) is 0 Å². The fourth-order valence-electron chi connectivity index (χ4n) is 1.23. The molecule has 2 heterocycles. The second kappa shape index (κ2) is 3.35. The van der Waals surface area contributed by atoms with Gasteiger partial charge in [0.1, 0.15) is 12.7 Å². The minimum absolute atomic E-state index is 0.234. The molecule has 70 valence electrons. The van der Waals surface area contributed by atoms with Crippen LogP contribution >= 0.6 is 11.3 Å². The molecule has 1 aromatic rings. The number of carbonyl (C=O) groups excluding carboxylic acids is 1. The maximum atomic E-state index is 10.7. The van der Waals surface area contributed by atoms with Crippen molar-refractivity contribution in [2.75, 3.05) is 6.61 Å². The minimum Gasteiger partial charge on any atom is -0.447 e. The van der Waals surface area contributed by atoms with Crippen molar-refractivity contribution in [3.8, 4) is 0 Å². The molecule has 0 saturated carbocycles. The summed E-state index contributed by atoms with van der Waals surface area (Å²) in [5.74, 6) is 0. The number of aliphatic hydroxyl groups is 1. The van der Waals surface area contributed by atoms with E-state index in [0.29, 0.717) is 0 Å². The molecule has 0 radical (unpaired) electrons. The van der Waals surface area contributed by atoms with Crippen molar-refractivity contribution in [1.82, 2.24) is 5.32 Å². The summed E-state index contributed by atoms with van der Waals surface area (Å²) in [6.07, 6.45) is -1.12. The Labute approximate surface area is 79.1 Å². The summed E-state index contributed by atoms with van der Waals surface area (Å²) in [5.41, 5.74) is 0. The zero-order valence-electron chi connectivity index (χ0n) is 6.77. The number of ether oxygens (including phenoxy) is 1. The lowest BCUT2D eigenvalue weighted by atomic mass is 10.1. The fourth-order valence-corrected chi connectivity index (χ4v) is 2.00. The number of cyclic esters (lactones) is 1. The molecule has 0 unspecified atom stereocenters. The maximum Gasteiger partial charge on any atom is 0.407 e. The Kier molecular flexibility index (Phi) is 2.20. The Balaban J connectivity index is 2.05. The number of rotatable bonds is 2. The number of amides is 1. The van der Waals surface area contributed by atoms with Gasteiger partial charge in [0, 0.05) is 4.88 Å². The molecule has 1 fully saturated rings. The van der Waals surface area contributed by atoms with Gasteiger partial charge in [-0.1, -0.05) is 6.07 Å². The van der Waals surface area contributed by atoms with Gasteiger partial charge in [-0.15, -0.1) is 11.3 Å². The van der Waals surface area contributed by atoms with E-state index in [1.54, 1.807) is 0 Å². The minimum atomic E-state index is -0.661. The van der Waals surface area contributed by atoms with Gasteiger partial charge in [-0.05, 0) is 11.4 Å². The summed E-state index contributed by atoms with van der Waals surface area (Å²) in [6.45, 7) is 0.234. The Hall–Kier alpha value is -1.07. The van der Waals surface area contributed by atoms with E-state index in [2.05, 4.69) is 10.1 Å². The number of hydrogen-bond acceptors (Lipinski definition) is 4. The predicted molar refractivity (Wildman–Crippen MR) is 47.6 cm³/mol. The second-order valence-corrected chi connectivity index (χ2v) is 3.79. The van der Waals surface area contributed by atoms with Gasteiger partial charge in [0.25, 0.3) is 0 Å². The monoisotopic (exact) mass is 199 g/mol. The second-order valence-electron chi connectivity index (χ2n) is 2.81. The van der Waals surface area contributed by atoms with Crippen LogP contribution in [-0.4, -0.2) is 23.8 Å². The third-order valence-corrected chi connectivity index (χ3v) is 2.86. The zero-order valence-corrected chi connectivity index (χ0v) is 7.58. The Bertz CT molecular complexity index is 298. The lowest BCUT2D eigenvalue weighted by molar-refractivity contribution is 0.128. The molecule has 1 amide bonds. The van der Waals surface area contributed by atoms with E-state index in [0.717, 1.165) is 4.88 Å².